The van der Waals surface area contributed by atoms with Crippen LogP contribution in [0, 0.1) is 5.92 Å². The Morgan fingerprint density at radius 3 is 2.63 bits per heavy atom. The number of hydrogen-bond donors (Lipinski definition) is 3. The summed E-state index contributed by atoms with van der Waals surface area (Å²) in [6.07, 6.45) is 0.674. The van der Waals surface area contributed by atoms with Crippen LogP contribution in [0.15, 0.2) is 18.2 Å². The molecular weight excluding hydrogens is 246 g/mol. The number of nitrogens with one attached hydrogen (secondary N) is 1. The van der Waals surface area contributed by atoms with Gasteiger partial charge in [-0.15, -0.1) is 0 Å². The minimum atomic E-state index is -0.420. The van der Waals surface area contributed by atoms with Gasteiger partial charge >= 0.3 is 0 Å². The van der Waals surface area contributed by atoms with Crippen LogP contribution in [-0.2, 0) is 0 Å². The van der Waals surface area contributed by atoms with Crippen LogP contribution < -0.4 is 10.1 Å². The number of carbonyl (C=O) groups excluding carboxylic acids is 1. The maximum absolute atomic E-state index is 12.0. The molecule has 1 rings (SSSR count). The van der Waals surface area contributed by atoms with E-state index < -0.39 is 5.91 Å². The molecule has 0 saturated heterocycles. The van der Waals surface area contributed by atoms with E-state index >= 15 is 0 Å². The number of aliphatic hydroxyl groups excluding tert-OH is 1. The van der Waals surface area contributed by atoms with Crippen LogP contribution in [0.25, 0.3) is 0 Å². The van der Waals surface area contributed by atoms with Crippen molar-refractivity contribution in [3.63, 3.8) is 0 Å². The molecule has 1 unspecified atom stereocenters. The van der Waals surface area contributed by atoms with Gasteiger partial charge in [-0.05, 0) is 24.5 Å². The lowest BCUT2D eigenvalue weighted by Crippen LogP contribution is -2.38. The lowest BCUT2D eigenvalue weighted by Gasteiger charge is -2.18. The van der Waals surface area contributed by atoms with Crippen molar-refractivity contribution in [3.8, 4) is 11.5 Å². The third kappa shape index (κ3) is 4.13. The highest BCUT2D eigenvalue weighted by atomic mass is 16.5. The van der Waals surface area contributed by atoms with Crippen molar-refractivity contribution in [1.29, 1.82) is 0 Å². The molecule has 1 amide bonds. The summed E-state index contributed by atoms with van der Waals surface area (Å²) in [5, 5.41) is 21.8. The maximum Gasteiger partial charge on any atom is 0.255 e. The zero-order valence-electron chi connectivity index (χ0n) is 11.5. The number of phenols is 1. The molecule has 0 aromatic heterocycles. The van der Waals surface area contributed by atoms with Gasteiger partial charge < -0.3 is 20.3 Å². The van der Waals surface area contributed by atoms with E-state index in [4.69, 9.17) is 4.74 Å². The monoisotopic (exact) mass is 267 g/mol. The number of phenolic OH excluding ortho intramolecular Hbond substituents is 1. The molecule has 19 heavy (non-hydrogen) atoms. The summed E-state index contributed by atoms with van der Waals surface area (Å²) in [4.78, 5) is 12.0. The number of amides is 1. The first-order valence-corrected chi connectivity index (χ1v) is 6.27. The number of aliphatic hydroxyl groups is 1. The van der Waals surface area contributed by atoms with Crippen molar-refractivity contribution in [2.45, 2.75) is 26.3 Å². The number of para-hydroxylation sites is 1. The van der Waals surface area contributed by atoms with E-state index in [0.29, 0.717) is 12.3 Å². The first kappa shape index (κ1) is 15.3. The Bertz CT molecular complexity index is 431. The van der Waals surface area contributed by atoms with Crippen molar-refractivity contribution >= 4 is 5.91 Å². The Morgan fingerprint density at radius 2 is 2.11 bits per heavy atom. The number of methoxy groups -OCH3 is 1. The van der Waals surface area contributed by atoms with Gasteiger partial charge in [-0.2, -0.15) is 0 Å². The molecule has 0 aliphatic rings. The third-order valence-electron chi connectivity index (χ3n) is 2.78. The molecule has 1 aromatic carbocycles. The molecular formula is C14H21NO4. The van der Waals surface area contributed by atoms with E-state index in [2.05, 4.69) is 5.32 Å². The normalized spacial score (nSPS) is 12.3. The second-order valence-electron chi connectivity index (χ2n) is 4.84. The summed E-state index contributed by atoms with van der Waals surface area (Å²) in [5.74, 6) is -0.00625. The number of carbonyl (C=O) groups is 1. The number of benzene rings is 1. The van der Waals surface area contributed by atoms with Crippen LogP contribution in [-0.4, -0.2) is 35.9 Å². The number of ether oxygens (including phenoxy) is 1. The predicted octanol–water partition coefficient (Wildman–Crippen LogP) is 1.54. The summed E-state index contributed by atoms with van der Waals surface area (Å²) >= 11 is 0. The van der Waals surface area contributed by atoms with Gasteiger partial charge in [-0.1, -0.05) is 19.9 Å². The second-order valence-corrected chi connectivity index (χ2v) is 4.84. The van der Waals surface area contributed by atoms with Crippen molar-refractivity contribution in [1.82, 2.24) is 5.32 Å². The highest BCUT2D eigenvalue weighted by Gasteiger charge is 2.18. The van der Waals surface area contributed by atoms with Crippen LogP contribution >= 0.6 is 0 Å². The molecule has 0 radical (unpaired) electrons. The molecule has 0 aliphatic carbocycles. The quantitative estimate of drug-likeness (QED) is 0.730. The third-order valence-corrected chi connectivity index (χ3v) is 2.78. The molecule has 106 valence electrons. The standard InChI is InChI=1S/C14H21NO4/c1-9(2)7-10(8-16)15-14(18)11-5-4-6-12(19-3)13(11)17/h4-6,9-10,16-17H,7-8H2,1-3H3,(H,15,18). The topological polar surface area (TPSA) is 78.8 Å². The van der Waals surface area contributed by atoms with Gasteiger partial charge in [0.25, 0.3) is 5.91 Å². The Labute approximate surface area is 113 Å². The van der Waals surface area contributed by atoms with E-state index in [1.54, 1.807) is 12.1 Å². The van der Waals surface area contributed by atoms with Crippen molar-refractivity contribution < 1.29 is 19.7 Å². The second kappa shape index (κ2) is 6.99. The Morgan fingerprint density at radius 1 is 1.42 bits per heavy atom. The highest BCUT2D eigenvalue weighted by Crippen LogP contribution is 2.29. The molecule has 5 heteroatoms. The van der Waals surface area contributed by atoms with Crippen molar-refractivity contribution in [2.75, 3.05) is 13.7 Å². The van der Waals surface area contributed by atoms with Crippen LogP contribution in [0.2, 0.25) is 0 Å². The average Bonchev–Trinajstić information content (AvgIpc) is 2.37. The fourth-order valence-electron chi connectivity index (χ4n) is 1.88. The largest absolute Gasteiger partial charge is 0.504 e. The molecule has 0 fully saturated rings. The lowest BCUT2D eigenvalue weighted by atomic mass is 10.0. The Hall–Kier alpha value is -1.75. The summed E-state index contributed by atoms with van der Waals surface area (Å²) in [5.41, 5.74) is 0.140. The Kier molecular flexibility index (Phi) is 5.63. The zero-order chi connectivity index (χ0) is 14.4. The molecule has 0 heterocycles. The van der Waals surface area contributed by atoms with E-state index in [1.807, 2.05) is 13.8 Å². The van der Waals surface area contributed by atoms with Crippen molar-refractivity contribution in [2.24, 2.45) is 5.92 Å². The predicted molar refractivity (Wildman–Crippen MR) is 72.5 cm³/mol. The lowest BCUT2D eigenvalue weighted by molar-refractivity contribution is 0.0905. The molecule has 0 spiro atoms. The molecule has 3 N–H and O–H groups in total. The molecule has 1 atom stereocenters. The van der Waals surface area contributed by atoms with E-state index in [-0.39, 0.29) is 29.7 Å². The number of hydrogen-bond acceptors (Lipinski definition) is 4. The maximum atomic E-state index is 12.0. The van der Waals surface area contributed by atoms with Gasteiger partial charge in [0.15, 0.2) is 11.5 Å². The molecule has 0 saturated carbocycles. The number of aromatic hydroxyl groups is 1. The summed E-state index contributed by atoms with van der Waals surface area (Å²) in [7, 11) is 1.42. The fourth-order valence-corrected chi connectivity index (χ4v) is 1.88. The summed E-state index contributed by atoms with van der Waals surface area (Å²) in [6, 6.07) is 4.39. The van der Waals surface area contributed by atoms with E-state index in [1.165, 1.54) is 13.2 Å². The van der Waals surface area contributed by atoms with E-state index in [9.17, 15) is 15.0 Å². The summed E-state index contributed by atoms with van der Waals surface area (Å²) < 4.78 is 4.95. The smallest absolute Gasteiger partial charge is 0.255 e. The van der Waals surface area contributed by atoms with Gasteiger partial charge in [-0.3, -0.25) is 4.79 Å². The molecule has 0 aliphatic heterocycles. The van der Waals surface area contributed by atoms with Gasteiger partial charge in [-0.25, -0.2) is 0 Å². The van der Waals surface area contributed by atoms with Gasteiger partial charge in [0.05, 0.1) is 25.3 Å². The first-order valence-electron chi connectivity index (χ1n) is 6.27. The van der Waals surface area contributed by atoms with Gasteiger partial charge in [0.1, 0.15) is 0 Å². The van der Waals surface area contributed by atoms with Crippen LogP contribution in [0.1, 0.15) is 30.6 Å². The molecule has 1 aromatic rings. The van der Waals surface area contributed by atoms with Crippen molar-refractivity contribution in [3.05, 3.63) is 23.8 Å². The van der Waals surface area contributed by atoms with Crippen LogP contribution in [0.5, 0.6) is 11.5 Å². The van der Waals surface area contributed by atoms with E-state index in [0.717, 1.165) is 0 Å². The fraction of sp³-hybridized carbons (Fsp3) is 0.500. The minimum absolute atomic E-state index is 0.130. The minimum Gasteiger partial charge on any atom is -0.504 e. The highest BCUT2D eigenvalue weighted by molar-refractivity contribution is 5.97. The SMILES string of the molecule is COc1cccc(C(=O)NC(CO)CC(C)C)c1O. The van der Waals surface area contributed by atoms with Gasteiger partial charge in [0, 0.05) is 0 Å². The molecule has 5 nitrogen and oxygen atoms in total. The Balaban J connectivity index is 2.83. The van der Waals surface area contributed by atoms with Crippen LogP contribution in [0.3, 0.4) is 0 Å². The average molecular weight is 267 g/mol. The molecule has 0 bridgehead atoms. The number of rotatable bonds is 6. The van der Waals surface area contributed by atoms with Gasteiger partial charge in [0.2, 0.25) is 0 Å². The zero-order valence-corrected chi connectivity index (χ0v) is 11.5. The van der Waals surface area contributed by atoms with Crippen LogP contribution in [0.4, 0.5) is 0 Å². The first-order chi connectivity index (χ1) is 8.99. The summed E-state index contributed by atoms with van der Waals surface area (Å²) in [6.45, 7) is 3.89.